The lowest BCUT2D eigenvalue weighted by atomic mass is 10.4. The summed E-state index contributed by atoms with van der Waals surface area (Å²) in [4.78, 5) is 2.05. The maximum Gasteiger partial charge on any atom is 0.215 e. The van der Waals surface area contributed by atoms with Crippen LogP contribution in [0.1, 0.15) is 23.6 Å². The molecule has 0 aliphatic heterocycles. The van der Waals surface area contributed by atoms with Crippen LogP contribution in [0.15, 0.2) is 113 Å². The lowest BCUT2D eigenvalue weighted by Crippen LogP contribution is -2.22. The van der Waals surface area contributed by atoms with Crippen molar-refractivity contribution >= 4 is 62.0 Å². The van der Waals surface area contributed by atoms with Crippen molar-refractivity contribution in [2.45, 2.75) is 54.8 Å². The number of nitrogens with one attached hydrogen (secondary N) is 1. The predicted molar refractivity (Wildman–Crippen MR) is 178 cm³/mol. The van der Waals surface area contributed by atoms with E-state index in [0.29, 0.717) is 13.1 Å². The lowest BCUT2D eigenvalue weighted by Gasteiger charge is -2.07. The van der Waals surface area contributed by atoms with E-state index >= 15 is 0 Å². The Labute approximate surface area is 273 Å². The maximum absolute atomic E-state index is 12.5. The largest absolute Gasteiger partial charge is 0.326 e. The molecule has 0 atom stereocenters. The highest BCUT2D eigenvalue weighted by Crippen LogP contribution is 2.30. The average molecular weight is 731 g/mol. The molecule has 16 heteroatoms. The van der Waals surface area contributed by atoms with Gasteiger partial charge < -0.3 is 11.1 Å². The topological polar surface area (TPSA) is 175 Å². The number of rotatable bonds is 13. The van der Waals surface area contributed by atoms with Gasteiger partial charge in [-0.25, -0.2) is 33.7 Å². The summed E-state index contributed by atoms with van der Waals surface area (Å²) in [7, 11) is -14.2. The Balaban J connectivity index is 0.000000248. The van der Waals surface area contributed by atoms with Gasteiger partial charge in [-0.1, -0.05) is 20.4 Å². The molecular formula is C29H34N2O8S6. The van der Waals surface area contributed by atoms with Gasteiger partial charge in [-0.2, -0.15) is 0 Å². The summed E-state index contributed by atoms with van der Waals surface area (Å²) in [6, 6.07) is 17.1. The number of hydrogen-bond acceptors (Lipinski definition) is 12. The molecule has 0 aliphatic carbocycles. The van der Waals surface area contributed by atoms with Crippen molar-refractivity contribution in [2.75, 3.05) is 18.8 Å². The molecule has 2 aromatic carbocycles. The number of benzene rings is 2. The Morgan fingerprint density at radius 1 is 0.667 bits per heavy atom. The first-order chi connectivity index (χ1) is 21.1. The smallest absolute Gasteiger partial charge is 0.215 e. The van der Waals surface area contributed by atoms with Gasteiger partial charge in [0.25, 0.3) is 0 Å². The molecule has 0 fully saturated rings. The summed E-state index contributed by atoms with van der Waals surface area (Å²) in [6.45, 7) is 8.42. The van der Waals surface area contributed by atoms with Crippen molar-refractivity contribution in [3.8, 4) is 0 Å². The van der Waals surface area contributed by atoms with Crippen LogP contribution in [0.4, 0.5) is 0 Å². The van der Waals surface area contributed by atoms with Crippen LogP contribution < -0.4 is 11.1 Å². The molecule has 244 valence electrons. The Morgan fingerprint density at radius 2 is 1.11 bits per heavy atom. The normalized spacial score (nSPS) is 12.3. The number of nitrogens with two attached hydrogens (primary N) is 1. The van der Waals surface area contributed by atoms with Crippen molar-refractivity contribution in [3.05, 3.63) is 94.5 Å². The van der Waals surface area contributed by atoms with Crippen LogP contribution in [0.2, 0.25) is 0 Å². The van der Waals surface area contributed by atoms with Gasteiger partial charge in [0.15, 0.2) is 19.7 Å². The summed E-state index contributed by atoms with van der Waals surface area (Å²) in [5.74, 6) is -0.0300. The molecule has 4 aromatic rings. The third kappa shape index (κ3) is 8.98. The molecule has 0 aliphatic rings. The highest BCUT2D eigenvalue weighted by molar-refractivity contribution is 7.94. The monoisotopic (exact) mass is 730 g/mol. The molecule has 10 nitrogen and oxygen atoms in total. The molecule has 0 amide bonds. The molecule has 45 heavy (non-hydrogen) atoms. The van der Waals surface area contributed by atoms with E-state index in [2.05, 4.69) is 11.9 Å². The van der Waals surface area contributed by atoms with Crippen molar-refractivity contribution in [3.63, 3.8) is 0 Å². The van der Waals surface area contributed by atoms with E-state index in [1.54, 1.807) is 18.2 Å². The van der Waals surface area contributed by atoms with E-state index < -0.39 is 39.3 Å². The van der Waals surface area contributed by atoms with E-state index in [9.17, 15) is 33.7 Å². The van der Waals surface area contributed by atoms with Crippen LogP contribution in [-0.4, -0.2) is 52.5 Å². The zero-order valence-electron chi connectivity index (χ0n) is 24.5. The molecule has 0 unspecified atom stereocenters. The van der Waals surface area contributed by atoms with Gasteiger partial charge in [-0.15, -0.1) is 22.7 Å². The fourth-order valence-corrected chi connectivity index (χ4v) is 11.0. The standard InChI is InChI=1S/C15H20N2O4S3.C14H14O4S3/c1-2-17-9-10-23(18,19)13-4-6-14(7-5-13)24(20,21)15-8-3-12(11-16)22-15;1-3-11-5-10-14(19-11)21(17,18)13-8-6-12(7-9-13)20(15,16)4-2/h3-8,17H,2,9-11,16H2,1H3;4-10H,2-3H2,1H3. The molecule has 2 heterocycles. The molecule has 0 saturated heterocycles. The van der Waals surface area contributed by atoms with E-state index in [0.717, 1.165) is 32.9 Å². The van der Waals surface area contributed by atoms with Crippen LogP contribution in [-0.2, 0) is 52.3 Å². The summed E-state index contributed by atoms with van der Waals surface area (Å²) in [5, 5.41) is 3.79. The molecule has 4 rings (SSSR count). The first kappa shape index (κ1) is 36.8. The highest BCUT2D eigenvalue weighted by atomic mass is 32.2. The Hall–Kier alpha value is -2.70. The molecular weight excluding hydrogens is 697 g/mol. The average Bonchev–Trinajstić information content (AvgIpc) is 3.73. The predicted octanol–water partition coefficient (Wildman–Crippen LogP) is 4.48. The van der Waals surface area contributed by atoms with E-state index in [1.807, 2.05) is 13.8 Å². The zero-order chi connectivity index (χ0) is 33.5. The number of aryl methyl sites for hydroxylation is 1. The molecule has 0 radical (unpaired) electrons. The first-order valence-electron chi connectivity index (χ1n) is 13.5. The van der Waals surface area contributed by atoms with Crippen molar-refractivity contribution < 1.29 is 33.7 Å². The Morgan fingerprint density at radius 3 is 1.51 bits per heavy atom. The second kappa shape index (κ2) is 15.3. The van der Waals surface area contributed by atoms with Gasteiger partial charge in [0.2, 0.25) is 19.7 Å². The minimum absolute atomic E-state index is 0.0249. The molecule has 3 N–H and O–H groups in total. The number of thiophene rings is 2. The summed E-state index contributed by atoms with van der Waals surface area (Å²) in [6.07, 6.45) is 0.775. The van der Waals surface area contributed by atoms with Crippen molar-refractivity contribution in [1.29, 1.82) is 0 Å². The third-order valence-corrected chi connectivity index (χ3v) is 16.3. The summed E-state index contributed by atoms with van der Waals surface area (Å²) >= 11 is 2.35. The van der Waals surface area contributed by atoms with Gasteiger partial charge >= 0.3 is 0 Å². The molecule has 2 aromatic heterocycles. The SMILES string of the molecule is C=CS(=O)(=O)c1ccc(S(=O)(=O)c2ccc(CC)s2)cc1.CCNCCS(=O)(=O)c1ccc(S(=O)(=O)c2ccc(CN)s2)cc1. The zero-order valence-corrected chi connectivity index (χ0v) is 29.4. The Bertz CT molecular complexity index is 2050. The third-order valence-electron chi connectivity index (χ3n) is 6.33. The quantitative estimate of drug-likeness (QED) is 0.187. The minimum atomic E-state index is -3.66. The highest BCUT2D eigenvalue weighted by Gasteiger charge is 2.22. The number of sulfone groups is 4. The van der Waals surface area contributed by atoms with Gasteiger partial charge in [0, 0.05) is 28.3 Å². The van der Waals surface area contributed by atoms with Gasteiger partial charge in [-0.05, 0) is 85.8 Å². The van der Waals surface area contributed by atoms with E-state index in [1.165, 1.54) is 65.9 Å². The minimum Gasteiger partial charge on any atom is -0.326 e. The van der Waals surface area contributed by atoms with Crippen molar-refractivity contribution in [2.24, 2.45) is 5.73 Å². The van der Waals surface area contributed by atoms with Crippen LogP contribution in [0, 0.1) is 0 Å². The van der Waals surface area contributed by atoms with E-state index in [4.69, 9.17) is 5.73 Å². The number of hydrogen-bond donors (Lipinski definition) is 2. The van der Waals surface area contributed by atoms with Gasteiger partial charge in [-0.3, -0.25) is 0 Å². The maximum atomic E-state index is 12.5. The molecule has 0 spiro atoms. The summed E-state index contributed by atoms with van der Waals surface area (Å²) < 4.78 is 98.0. The van der Waals surface area contributed by atoms with Gasteiger partial charge in [0.1, 0.15) is 8.42 Å². The second-order valence-electron chi connectivity index (χ2n) is 9.33. The van der Waals surface area contributed by atoms with Gasteiger partial charge in [0.05, 0.1) is 25.3 Å². The fourth-order valence-electron chi connectivity index (χ4n) is 3.77. The van der Waals surface area contributed by atoms with Crippen LogP contribution >= 0.6 is 22.7 Å². The fraction of sp³-hybridized carbons (Fsp3) is 0.241. The Kier molecular flexibility index (Phi) is 12.5. The second-order valence-corrected chi connectivity index (χ2v) is 20.0. The van der Waals surface area contributed by atoms with Crippen molar-refractivity contribution in [1.82, 2.24) is 5.32 Å². The van der Waals surface area contributed by atoms with Crippen LogP contribution in [0.25, 0.3) is 0 Å². The van der Waals surface area contributed by atoms with Crippen LogP contribution in [0.5, 0.6) is 0 Å². The van der Waals surface area contributed by atoms with Crippen LogP contribution in [0.3, 0.4) is 0 Å². The van der Waals surface area contributed by atoms with E-state index in [-0.39, 0.29) is 40.3 Å². The molecule has 0 saturated carbocycles. The summed E-state index contributed by atoms with van der Waals surface area (Å²) in [5.41, 5.74) is 5.51. The lowest BCUT2D eigenvalue weighted by molar-refractivity contribution is 0.590. The molecule has 0 bridgehead atoms. The first-order valence-corrected chi connectivity index (χ1v) is 21.3.